The Kier molecular flexibility index (Phi) is 4.75. The SMILES string of the molecule is CCn1c(C)cc(C(=O)CSc2nnc(-c3cccs3)n2C2CC2)c1C. The minimum Gasteiger partial charge on any atom is -0.349 e. The Morgan fingerprint density at radius 1 is 1.35 bits per heavy atom. The van der Waals surface area contributed by atoms with Crippen LogP contribution in [0.5, 0.6) is 0 Å². The molecule has 26 heavy (non-hydrogen) atoms. The van der Waals surface area contributed by atoms with E-state index in [1.54, 1.807) is 11.3 Å². The van der Waals surface area contributed by atoms with Crippen LogP contribution in [0, 0.1) is 13.8 Å². The van der Waals surface area contributed by atoms with E-state index in [-0.39, 0.29) is 5.78 Å². The molecule has 1 fully saturated rings. The molecule has 0 N–H and O–H groups in total. The molecule has 136 valence electrons. The van der Waals surface area contributed by atoms with Gasteiger partial charge in [0.2, 0.25) is 0 Å². The number of ketones is 1. The minimum atomic E-state index is 0.158. The maximum absolute atomic E-state index is 12.8. The molecular formula is C19H22N4OS2. The van der Waals surface area contributed by atoms with Crippen molar-refractivity contribution in [2.45, 2.75) is 51.4 Å². The van der Waals surface area contributed by atoms with Gasteiger partial charge in [0.15, 0.2) is 16.8 Å². The molecule has 1 aliphatic rings. The molecule has 0 atom stereocenters. The van der Waals surface area contributed by atoms with E-state index >= 15 is 0 Å². The van der Waals surface area contributed by atoms with Crippen molar-refractivity contribution in [2.24, 2.45) is 0 Å². The van der Waals surface area contributed by atoms with E-state index in [0.717, 1.165) is 52.2 Å². The molecule has 3 heterocycles. The predicted molar refractivity (Wildman–Crippen MR) is 106 cm³/mol. The molecule has 0 amide bonds. The molecule has 3 aromatic heterocycles. The highest BCUT2D eigenvalue weighted by molar-refractivity contribution is 7.99. The molecule has 0 aromatic carbocycles. The number of thioether (sulfide) groups is 1. The Morgan fingerprint density at radius 3 is 2.77 bits per heavy atom. The number of Topliss-reactive ketones (excluding diaryl/α,β-unsaturated/α-hetero) is 1. The van der Waals surface area contributed by atoms with E-state index in [9.17, 15) is 4.79 Å². The summed E-state index contributed by atoms with van der Waals surface area (Å²) in [5, 5.41) is 11.7. The second kappa shape index (κ2) is 7.04. The zero-order valence-corrected chi connectivity index (χ0v) is 16.9. The lowest BCUT2D eigenvalue weighted by Crippen LogP contribution is -2.07. The van der Waals surface area contributed by atoms with Gasteiger partial charge in [-0.2, -0.15) is 0 Å². The summed E-state index contributed by atoms with van der Waals surface area (Å²) in [6.07, 6.45) is 2.32. The van der Waals surface area contributed by atoms with E-state index in [4.69, 9.17) is 0 Å². The van der Waals surface area contributed by atoms with Crippen LogP contribution in [0.2, 0.25) is 0 Å². The molecule has 0 spiro atoms. The summed E-state index contributed by atoms with van der Waals surface area (Å²) < 4.78 is 4.40. The third-order valence-corrected chi connectivity index (χ3v) is 6.65. The van der Waals surface area contributed by atoms with Crippen LogP contribution in [0.25, 0.3) is 10.7 Å². The highest BCUT2D eigenvalue weighted by Crippen LogP contribution is 2.41. The third-order valence-electron chi connectivity index (χ3n) is 4.84. The van der Waals surface area contributed by atoms with Gasteiger partial charge in [0.1, 0.15) is 0 Å². The summed E-state index contributed by atoms with van der Waals surface area (Å²) >= 11 is 3.18. The van der Waals surface area contributed by atoms with Crippen LogP contribution in [0.1, 0.15) is 47.6 Å². The maximum Gasteiger partial charge on any atom is 0.192 e. The quantitative estimate of drug-likeness (QED) is 0.434. The first-order valence-electron chi connectivity index (χ1n) is 8.91. The van der Waals surface area contributed by atoms with Gasteiger partial charge in [-0.15, -0.1) is 21.5 Å². The van der Waals surface area contributed by atoms with E-state index in [0.29, 0.717) is 11.8 Å². The number of carbonyl (C=O) groups is 1. The van der Waals surface area contributed by atoms with Crippen molar-refractivity contribution >= 4 is 28.9 Å². The number of aromatic nitrogens is 4. The van der Waals surface area contributed by atoms with E-state index in [1.165, 1.54) is 11.8 Å². The van der Waals surface area contributed by atoms with Crippen LogP contribution in [0.3, 0.4) is 0 Å². The monoisotopic (exact) mass is 386 g/mol. The van der Waals surface area contributed by atoms with Gasteiger partial charge in [0, 0.05) is 29.5 Å². The molecule has 0 bridgehead atoms. The molecule has 4 rings (SSSR count). The summed E-state index contributed by atoms with van der Waals surface area (Å²) in [4.78, 5) is 13.9. The molecule has 1 aliphatic carbocycles. The van der Waals surface area contributed by atoms with Gasteiger partial charge >= 0.3 is 0 Å². The first-order valence-corrected chi connectivity index (χ1v) is 10.8. The predicted octanol–water partition coefficient (Wildman–Crippen LogP) is 4.75. The van der Waals surface area contributed by atoms with Gasteiger partial charge in [0.25, 0.3) is 0 Å². The molecule has 7 heteroatoms. The number of thiophene rings is 1. The topological polar surface area (TPSA) is 52.7 Å². The second-order valence-corrected chi connectivity index (χ2v) is 8.52. The van der Waals surface area contributed by atoms with Crippen LogP contribution in [0.4, 0.5) is 0 Å². The Labute approximate surface area is 161 Å². The van der Waals surface area contributed by atoms with Crippen molar-refractivity contribution < 1.29 is 4.79 Å². The normalized spacial score (nSPS) is 14.1. The molecule has 0 aliphatic heterocycles. The largest absolute Gasteiger partial charge is 0.349 e. The molecular weight excluding hydrogens is 364 g/mol. The van der Waals surface area contributed by atoms with Crippen LogP contribution in [0.15, 0.2) is 28.7 Å². The minimum absolute atomic E-state index is 0.158. The van der Waals surface area contributed by atoms with Gasteiger partial charge in [0.05, 0.1) is 10.6 Å². The average molecular weight is 387 g/mol. The summed E-state index contributed by atoms with van der Waals surface area (Å²) in [6.45, 7) is 7.07. The fraction of sp³-hybridized carbons (Fsp3) is 0.421. The zero-order valence-electron chi connectivity index (χ0n) is 15.2. The van der Waals surface area contributed by atoms with Crippen molar-refractivity contribution in [1.29, 1.82) is 0 Å². The van der Waals surface area contributed by atoms with Gasteiger partial charge < -0.3 is 4.57 Å². The number of rotatable bonds is 7. The second-order valence-electron chi connectivity index (χ2n) is 6.63. The Hall–Kier alpha value is -1.86. The smallest absolute Gasteiger partial charge is 0.192 e. The van der Waals surface area contributed by atoms with Gasteiger partial charge in [-0.3, -0.25) is 9.36 Å². The fourth-order valence-electron chi connectivity index (χ4n) is 3.39. The Bertz CT molecular complexity index is 935. The maximum atomic E-state index is 12.8. The van der Waals surface area contributed by atoms with Crippen molar-refractivity contribution in [3.05, 3.63) is 40.5 Å². The molecule has 5 nitrogen and oxygen atoms in total. The average Bonchev–Trinajstić information content (AvgIpc) is 3.06. The van der Waals surface area contributed by atoms with Gasteiger partial charge in [-0.25, -0.2) is 0 Å². The first kappa shape index (κ1) is 17.5. The Balaban J connectivity index is 1.54. The lowest BCUT2D eigenvalue weighted by atomic mass is 10.2. The highest BCUT2D eigenvalue weighted by atomic mass is 32.2. The number of hydrogen-bond acceptors (Lipinski definition) is 5. The van der Waals surface area contributed by atoms with Crippen molar-refractivity contribution in [3.63, 3.8) is 0 Å². The molecule has 3 aromatic rings. The number of carbonyl (C=O) groups excluding carboxylic acids is 1. The zero-order chi connectivity index (χ0) is 18.3. The molecule has 0 unspecified atom stereocenters. The lowest BCUT2D eigenvalue weighted by molar-refractivity contribution is 0.102. The van der Waals surface area contributed by atoms with Crippen molar-refractivity contribution in [1.82, 2.24) is 19.3 Å². The van der Waals surface area contributed by atoms with Gasteiger partial charge in [-0.1, -0.05) is 17.8 Å². The fourth-order valence-corrected chi connectivity index (χ4v) is 4.98. The number of hydrogen-bond donors (Lipinski definition) is 0. The lowest BCUT2D eigenvalue weighted by Gasteiger charge is -2.08. The summed E-state index contributed by atoms with van der Waals surface area (Å²) in [5.74, 6) is 1.48. The summed E-state index contributed by atoms with van der Waals surface area (Å²) in [6, 6.07) is 6.59. The van der Waals surface area contributed by atoms with E-state index < -0.39 is 0 Å². The molecule has 0 radical (unpaired) electrons. The van der Waals surface area contributed by atoms with Gasteiger partial charge in [-0.05, 0) is 51.1 Å². The van der Waals surface area contributed by atoms with Crippen LogP contribution in [-0.4, -0.2) is 30.9 Å². The van der Waals surface area contributed by atoms with E-state index in [1.807, 2.05) is 19.1 Å². The summed E-state index contributed by atoms with van der Waals surface area (Å²) in [5.41, 5.74) is 3.02. The van der Waals surface area contributed by atoms with Crippen LogP contribution in [-0.2, 0) is 6.54 Å². The number of nitrogens with zero attached hydrogens (tertiary/aromatic N) is 4. The standard InChI is InChI=1S/C19H22N4OS2/c1-4-22-12(2)10-15(13(22)3)16(24)11-26-19-21-20-18(17-6-5-9-25-17)23(19)14-7-8-14/h5-6,9-10,14H,4,7-8,11H2,1-3H3. The first-order chi connectivity index (χ1) is 12.6. The van der Waals surface area contributed by atoms with Crippen LogP contribution >= 0.6 is 23.1 Å². The number of aryl methyl sites for hydroxylation is 1. The van der Waals surface area contributed by atoms with Crippen molar-refractivity contribution in [2.75, 3.05) is 5.75 Å². The Morgan fingerprint density at radius 2 is 2.15 bits per heavy atom. The van der Waals surface area contributed by atoms with Crippen LogP contribution < -0.4 is 0 Å². The van der Waals surface area contributed by atoms with E-state index in [2.05, 4.69) is 44.6 Å². The van der Waals surface area contributed by atoms with Crippen molar-refractivity contribution in [3.8, 4) is 10.7 Å². The molecule has 1 saturated carbocycles. The molecule has 0 saturated heterocycles. The highest BCUT2D eigenvalue weighted by Gasteiger charge is 2.30. The summed E-state index contributed by atoms with van der Waals surface area (Å²) in [7, 11) is 0. The third kappa shape index (κ3) is 3.14.